The third-order valence-corrected chi connectivity index (χ3v) is 3.45. The van der Waals surface area contributed by atoms with Gasteiger partial charge in [-0.2, -0.15) is 0 Å². The summed E-state index contributed by atoms with van der Waals surface area (Å²) in [7, 11) is 0. The molecule has 120 valence electrons. The number of nitrogens with one attached hydrogen (secondary N) is 1. The lowest BCUT2D eigenvalue weighted by Gasteiger charge is -2.15. The van der Waals surface area contributed by atoms with Gasteiger partial charge in [0.05, 0.1) is 22.9 Å². The van der Waals surface area contributed by atoms with Crippen molar-refractivity contribution in [1.29, 1.82) is 0 Å². The Morgan fingerprint density at radius 1 is 1.13 bits per heavy atom. The van der Waals surface area contributed by atoms with Gasteiger partial charge in [-0.05, 0) is 44.2 Å². The number of carboxylic acid groups (broad SMARTS) is 1. The summed E-state index contributed by atoms with van der Waals surface area (Å²) in [6, 6.07) is 11.4. The number of anilines is 1. The number of hydrogen-bond donors (Lipinski definition) is 2. The molecule has 0 atom stereocenters. The number of carbonyl (C=O) groups excluding carboxylic acids is 1. The lowest BCUT2D eigenvalue weighted by atomic mass is 10.1. The Hall–Kier alpha value is -2.34. The number of benzene rings is 2. The molecule has 0 aliphatic carbocycles. The summed E-state index contributed by atoms with van der Waals surface area (Å²) >= 11 is 3.32. The fraction of sp³-hybridized carbons (Fsp3) is 0.176. The molecule has 0 aliphatic heterocycles. The third kappa shape index (κ3) is 4.32. The first-order chi connectivity index (χ1) is 10.9. The summed E-state index contributed by atoms with van der Waals surface area (Å²) in [6.45, 7) is 3.73. The molecule has 0 unspecified atom stereocenters. The van der Waals surface area contributed by atoms with Crippen LogP contribution >= 0.6 is 15.9 Å². The van der Waals surface area contributed by atoms with Crippen molar-refractivity contribution in [2.24, 2.45) is 0 Å². The second-order valence-electron chi connectivity index (χ2n) is 5.11. The topological polar surface area (TPSA) is 75.6 Å². The second kappa shape index (κ2) is 7.28. The van der Waals surface area contributed by atoms with Crippen LogP contribution in [0.5, 0.6) is 5.75 Å². The van der Waals surface area contributed by atoms with Crippen molar-refractivity contribution in [1.82, 2.24) is 0 Å². The third-order valence-electron chi connectivity index (χ3n) is 2.95. The normalized spacial score (nSPS) is 10.4. The summed E-state index contributed by atoms with van der Waals surface area (Å²) < 4.78 is 6.37. The highest BCUT2D eigenvalue weighted by molar-refractivity contribution is 9.10. The zero-order chi connectivity index (χ0) is 17.0. The number of amides is 1. The Kier molecular flexibility index (Phi) is 5.39. The number of halogens is 1. The average Bonchev–Trinajstić information content (AvgIpc) is 2.49. The molecule has 1 amide bonds. The van der Waals surface area contributed by atoms with Crippen LogP contribution in [0.1, 0.15) is 34.6 Å². The van der Waals surface area contributed by atoms with Crippen LogP contribution in [-0.4, -0.2) is 23.1 Å². The van der Waals surface area contributed by atoms with Crippen LogP contribution in [-0.2, 0) is 0 Å². The molecule has 0 saturated heterocycles. The summed E-state index contributed by atoms with van der Waals surface area (Å²) in [6.07, 6.45) is -0.0889. The van der Waals surface area contributed by atoms with Crippen molar-refractivity contribution in [3.05, 3.63) is 58.1 Å². The van der Waals surface area contributed by atoms with Gasteiger partial charge in [0.15, 0.2) is 0 Å². The molecule has 5 nitrogen and oxygen atoms in total. The molecule has 0 spiro atoms. The largest absolute Gasteiger partial charge is 0.490 e. The quantitative estimate of drug-likeness (QED) is 0.818. The van der Waals surface area contributed by atoms with Gasteiger partial charge < -0.3 is 15.2 Å². The smallest absolute Gasteiger partial charge is 0.337 e. The minimum absolute atomic E-state index is 0.0298. The Morgan fingerprint density at radius 2 is 1.83 bits per heavy atom. The van der Waals surface area contributed by atoms with Crippen LogP contribution in [0.2, 0.25) is 0 Å². The number of rotatable bonds is 5. The molecule has 2 N–H and O–H groups in total. The Bertz CT molecular complexity index is 743. The SMILES string of the molecule is CC(C)Oc1ccc(Br)cc1C(=O)Nc1ccccc1C(=O)O. The van der Waals surface area contributed by atoms with Crippen molar-refractivity contribution in [3.63, 3.8) is 0 Å². The van der Waals surface area contributed by atoms with Crippen molar-refractivity contribution in [2.75, 3.05) is 5.32 Å². The van der Waals surface area contributed by atoms with Crippen LogP contribution < -0.4 is 10.1 Å². The lowest BCUT2D eigenvalue weighted by Crippen LogP contribution is -2.17. The molecular weight excluding hydrogens is 362 g/mol. The van der Waals surface area contributed by atoms with Gasteiger partial charge in [0.1, 0.15) is 5.75 Å². The standard InChI is InChI=1S/C17H16BrNO4/c1-10(2)23-15-8-7-11(18)9-13(15)16(20)19-14-6-4-3-5-12(14)17(21)22/h3-10H,1-2H3,(H,19,20)(H,21,22). The highest BCUT2D eigenvalue weighted by Crippen LogP contribution is 2.26. The fourth-order valence-electron chi connectivity index (χ4n) is 2.00. The highest BCUT2D eigenvalue weighted by Gasteiger charge is 2.17. The summed E-state index contributed by atoms with van der Waals surface area (Å²) in [5.74, 6) is -1.10. The maximum absolute atomic E-state index is 12.5. The van der Waals surface area contributed by atoms with E-state index in [4.69, 9.17) is 4.74 Å². The number of ether oxygens (including phenoxy) is 1. The molecule has 23 heavy (non-hydrogen) atoms. The molecular formula is C17H16BrNO4. The molecule has 0 bridgehead atoms. The van der Waals surface area contributed by atoms with Gasteiger partial charge in [0.2, 0.25) is 0 Å². The summed E-state index contributed by atoms with van der Waals surface area (Å²) in [4.78, 5) is 23.8. The number of para-hydroxylation sites is 1. The van der Waals surface area contributed by atoms with Crippen molar-refractivity contribution >= 4 is 33.5 Å². The number of hydrogen-bond acceptors (Lipinski definition) is 3. The molecule has 0 heterocycles. The molecule has 6 heteroatoms. The predicted molar refractivity (Wildman–Crippen MR) is 91.3 cm³/mol. The van der Waals surface area contributed by atoms with E-state index in [2.05, 4.69) is 21.2 Å². The zero-order valence-corrected chi connectivity index (χ0v) is 14.3. The molecule has 0 radical (unpaired) electrons. The van der Waals surface area contributed by atoms with Gasteiger partial charge >= 0.3 is 5.97 Å². The van der Waals surface area contributed by atoms with Crippen molar-refractivity contribution in [2.45, 2.75) is 20.0 Å². The van der Waals surface area contributed by atoms with E-state index in [0.29, 0.717) is 11.3 Å². The van der Waals surface area contributed by atoms with E-state index in [9.17, 15) is 14.7 Å². The first-order valence-corrected chi connectivity index (χ1v) is 7.77. The molecule has 0 fully saturated rings. The van der Waals surface area contributed by atoms with E-state index < -0.39 is 11.9 Å². The summed E-state index contributed by atoms with van der Waals surface area (Å²) in [5.41, 5.74) is 0.593. The van der Waals surface area contributed by atoms with Gasteiger partial charge in [0, 0.05) is 4.47 Å². The van der Waals surface area contributed by atoms with Crippen LogP contribution in [0.3, 0.4) is 0 Å². The Labute approximate surface area is 142 Å². The monoisotopic (exact) mass is 377 g/mol. The van der Waals surface area contributed by atoms with E-state index in [-0.39, 0.29) is 17.4 Å². The van der Waals surface area contributed by atoms with Gasteiger partial charge in [-0.3, -0.25) is 4.79 Å². The van der Waals surface area contributed by atoms with E-state index >= 15 is 0 Å². The van der Waals surface area contributed by atoms with Gasteiger partial charge in [-0.15, -0.1) is 0 Å². The second-order valence-corrected chi connectivity index (χ2v) is 6.03. The van der Waals surface area contributed by atoms with Crippen LogP contribution in [0.25, 0.3) is 0 Å². The van der Waals surface area contributed by atoms with Crippen molar-refractivity contribution < 1.29 is 19.4 Å². The van der Waals surface area contributed by atoms with Crippen LogP contribution in [0, 0.1) is 0 Å². The average molecular weight is 378 g/mol. The minimum Gasteiger partial charge on any atom is -0.490 e. The highest BCUT2D eigenvalue weighted by atomic mass is 79.9. The zero-order valence-electron chi connectivity index (χ0n) is 12.7. The fourth-order valence-corrected chi connectivity index (χ4v) is 2.37. The summed E-state index contributed by atoms with van der Waals surface area (Å²) in [5, 5.41) is 11.8. The molecule has 0 aromatic heterocycles. The Morgan fingerprint density at radius 3 is 2.48 bits per heavy atom. The van der Waals surface area contributed by atoms with E-state index in [0.717, 1.165) is 4.47 Å². The number of carboxylic acids is 1. The van der Waals surface area contributed by atoms with Gasteiger partial charge in [-0.1, -0.05) is 28.1 Å². The maximum Gasteiger partial charge on any atom is 0.337 e. The lowest BCUT2D eigenvalue weighted by molar-refractivity contribution is 0.0698. The van der Waals surface area contributed by atoms with Crippen molar-refractivity contribution in [3.8, 4) is 5.75 Å². The van der Waals surface area contributed by atoms with E-state index in [1.165, 1.54) is 6.07 Å². The molecule has 2 aromatic carbocycles. The predicted octanol–water partition coefficient (Wildman–Crippen LogP) is 4.19. The Balaban J connectivity index is 2.35. The molecule has 0 saturated carbocycles. The van der Waals surface area contributed by atoms with Gasteiger partial charge in [-0.25, -0.2) is 4.79 Å². The molecule has 0 aliphatic rings. The number of aromatic carboxylic acids is 1. The molecule has 2 rings (SSSR count). The molecule has 2 aromatic rings. The van der Waals surface area contributed by atoms with Gasteiger partial charge in [0.25, 0.3) is 5.91 Å². The van der Waals surface area contributed by atoms with E-state index in [1.54, 1.807) is 36.4 Å². The first kappa shape index (κ1) is 17.0. The number of carbonyl (C=O) groups is 2. The van der Waals surface area contributed by atoms with Crippen LogP contribution in [0.15, 0.2) is 46.9 Å². The maximum atomic E-state index is 12.5. The van der Waals surface area contributed by atoms with E-state index in [1.807, 2.05) is 13.8 Å². The van der Waals surface area contributed by atoms with Crippen LogP contribution in [0.4, 0.5) is 5.69 Å². The minimum atomic E-state index is -1.10. The first-order valence-electron chi connectivity index (χ1n) is 6.98.